The normalized spacial score (nSPS) is 23.1. The molecule has 1 aromatic carbocycles. The van der Waals surface area contributed by atoms with Crippen LogP contribution >= 0.6 is 0 Å². The Morgan fingerprint density at radius 3 is 2.04 bits per heavy atom. The number of aliphatic carboxylic acids is 2. The summed E-state index contributed by atoms with van der Waals surface area (Å²) in [5, 5.41) is 14.6. The van der Waals surface area contributed by atoms with E-state index in [4.69, 9.17) is 19.8 Å². The lowest BCUT2D eigenvalue weighted by Crippen LogP contribution is -2.63. The number of aryl methyl sites for hydroxylation is 2. The van der Waals surface area contributed by atoms with E-state index in [-0.39, 0.29) is 40.5 Å². The monoisotopic (exact) mass is 716 g/mol. The van der Waals surface area contributed by atoms with Crippen molar-refractivity contribution >= 4 is 27.9 Å². The zero-order valence-electron chi connectivity index (χ0n) is 29.3. The number of rotatable bonds is 7. The summed E-state index contributed by atoms with van der Waals surface area (Å²) in [6.45, 7) is 13.5. The molecule has 1 saturated carbocycles. The molecule has 2 atom stereocenters. The van der Waals surface area contributed by atoms with Gasteiger partial charge >= 0.3 is 11.9 Å². The van der Waals surface area contributed by atoms with Gasteiger partial charge in [-0.05, 0) is 89.8 Å². The number of halogens is 1. The van der Waals surface area contributed by atoms with Gasteiger partial charge in [0.25, 0.3) is 5.91 Å². The van der Waals surface area contributed by atoms with Crippen molar-refractivity contribution in [1.82, 2.24) is 29.0 Å². The maximum absolute atomic E-state index is 14.5. The van der Waals surface area contributed by atoms with E-state index >= 15 is 0 Å². The van der Waals surface area contributed by atoms with Crippen molar-refractivity contribution in [2.24, 2.45) is 5.92 Å². The molecule has 0 bridgehead atoms. The molecular weight excluding hydrogens is 667 g/mol. The Kier molecular flexibility index (Phi) is 11.6. The molecule has 4 heterocycles. The van der Waals surface area contributed by atoms with E-state index < -0.39 is 22.0 Å². The fourth-order valence-electron chi connectivity index (χ4n) is 7.89. The molecule has 6 rings (SSSR count). The SMILES string of the molecule is Cc1ncnc(C)c1C(=O)N1CCC(C)(N2CCN([C@@H](c3cccc(F)c3)C3CCN(S(=O)(=O)C4CC4)CC3)[C@H](C)C2)CC1.O=C(O)C(=O)O. The molecule has 274 valence electrons. The van der Waals surface area contributed by atoms with Crippen LogP contribution in [0.1, 0.15) is 85.7 Å². The number of nitrogens with zero attached hydrogens (tertiary/aromatic N) is 6. The number of carbonyl (C=O) groups is 3. The zero-order valence-corrected chi connectivity index (χ0v) is 30.1. The molecule has 1 aromatic heterocycles. The minimum absolute atomic E-state index is 0.00866. The smallest absolute Gasteiger partial charge is 0.414 e. The van der Waals surface area contributed by atoms with Gasteiger partial charge in [-0.1, -0.05) is 12.1 Å². The molecule has 1 amide bonds. The molecule has 2 aromatic rings. The molecule has 50 heavy (non-hydrogen) atoms. The minimum atomic E-state index is -3.18. The topological polar surface area (TPSA) is 165 Å². The number of carbonyl (C=O) groups excluding carboxylic acids is 1. The van der Waals surface area contributed by atoms with Crippen molar-refractivity contribution in [3.63, 3.8) is 0 Å². The highest BCUT2D eigenvalue weighted by Crippen LogP contribution is 2.41. The van der Waals surface area contributed by atoms with Crippen molar-refractivity contribution in [2.75, 3.05) is 45.8 Å². The molecule has 2 N–H and O–H groups in total. The number of benzene rings is 1. The number of aromatic nitrogens is 2. The average Bonchev–Trinajstić information content (AvgIpc) is 3.93. The second-order valence-electron chi connectivity index (χ2n) is 14.3. The van der Waals surface area contributed by atoms with Crippen LogP contribution in [0.3, 0.4) is 0 Å². The summed E-state index contributed by atoms with van der Waals surface area (Å²) in [7, 11) is -3.18. The number of amides is 1. The number of piperidine rings is 2. The van der Waals surface area contributed by atoms with Gasteiger partial charge in [-0.15, -0.1) is 0 Å². The van der Waals surface area contributed by atoms with Crippen molar-refractivity contribution in [3.8, 4) is 0 Å². The fourth-order valence-corrected chi connectivity index (χ4v) is 9.76. The van der Waals surface area contributed by atoms with Crippen molar-refractivity contribution in [2.45, 2.75) is 89.1 Å². The van der Waals surface area contributed by atoms with Crippen LogP contribution in [-0.2, 0) is 19.6 Å². The van der Waals surface area contributed by atoms with Crippen LogP contribution in [0, 0.1) is 25.6 Å². The number of carboxylic acid groups (broad SMARTS) is 2. The highest BCUT2D eigenvalue weighted by Gasteiger charge is 2.45. The summed E-state index contributed by atoms with van der Waals surface area (Å²) in [6.07, 6.45) is 6.45. The second-order valence-corrected chi connectivity index (χ2v) is 16.5. The van der Waals surface area contributed by atoms with Crippen LogP contribution in [0.4, 0.5) is 4.39 Å². The predicted octanol–water partition coefficient (Wildman–Crippen LogP) is 3.33. The molecule has 15 heteroatoms. The number of hydrogen-bond donors (Lipinski definition) is 2. The quantitative estimate of drug-likeness (QED) is 0.404. The Labute approximate surface area is 293 Å². The highest BCUT2D eigenvalue weighted by molar-refractivity contribution is 7.90. The maximum atomic E-state index is 14.5. The number of carboxylic acids is 2. The van der Waals surface area contributed by atoms with E-state index in [1.807, 2.05) is 24.8 Å². The number of piperazine rings is 1. The van der Waals surface area contributed by atoms with Gasteiger partial charge in [0.15, 0.2) is 0 Å². The summed E-state index contributed by atoms with van der Waals surface area (Å²) >= 11 is 0. The van der Waals surface area contributed by atoms with E-state index in [1.54, 1.807) is 16.4 Å². The highest BCUT2D eigenvalue weighted by atomic mass is 32.2. The van der Waals surface area contributed by atoms with Crippen LogP contribution in [0.5, 0.6) is 0 Å². The van der Waals surface area contributed by atoms with Gasteiger partial charge in [0.1, 0.15) is 12.1 Å². The summed E-state index contributed by atoms with van der Waals surface area (Å²) in [6, 6.07) is 7.29. The lowest BCUT2D eigenvalue weighted by atomic mass is 9.82. The molecule has 0 radical (unpaired) electrons. The van der Waals surface area contributed by atoms with Crippen LogP contribution in [0.2, 0.25) is 0 Å². The molecule has 0 unspecified atom stereocenters. The lowest BCUT2D eigenvalue weighted by Gasteiger charge is -2.54. The average molecular weight is 717 g/mol. The summed E-state index contributed by atoms with van der Waals surface area (Å²) in [4.78, 5) is 47.2. The number of sulfonamides is 1. The Morgan fingerprint density at radius 2 is 1.52 bits per heavy atom. The van der Waals surface area contributed by atoms with Crippen LogP contribution in [0.15, 0.2) is 30.6 Å². The molecule has 4 aliphatic rings. The first-order valence-corrected chi connectivity index (χ1v) is 18.9. The maximum Gasteiger partial charge on any atom is 0.414 e. The third-order valence-corrected chi connectivity index (χ3v) is 13.4. The van der Waals surface area contributed by atoms with E-state index in [2.05, 4.69) is 33.6 Å². The van der Waals surface area contributed by atoms with Gasteiger partial charge in [-0.2, -0.15) is 0 Å². The minimum Gasteiger partial charge on any atom is -0.473 e. The van der Waals surface area contributed by atoms with Gasteiger partial charge in [-0.3, -0.25) is 14.6 Å². The van der Waals surface area contributed by atoms with E-state index in [1.165, 1.54) is 12.4 Å². The molecule has 4 fully saturated rings. The van der Waals surface area contributed by atoms with Crippen LogP contribution < -0.4 is 0 Å². The summed E-state index contributed by atoms with van der Waals surface area (Å²) < 4.78 is 42.0. The van der Waals surface area contributed by atoms with E-state index in [9.17, 15) is 17.6 Å². The molecular formula is C35H49FN6O7S. The van der Waals surface area contributed by atoms with Gasteiger partial charge in [-0.25, -0.2) is 36.7 Å². The Balaban J connectivity index is 0.000000745. The van der Waals surface area contributed by atoms with Gasteiger partial charge in [0, 0.05) is 63.4 Å². The fraction of sp³-hybridized carbons (Fsp3) is 0.629. The van der Waals surface area contributed by atoms with E-state index in [0.717, 1.165) is 75.1 Å². The predicted molar refractivity (Wildman–Crippen MR) is 183 cm³/mol. The Hall–Kier alpha value is -3.53. The molecule has 3 aliphatic heterocycles. The summed E-state index contributed by atoms with van der Waals surface area (Å²) in [5.74, 6) is -3.59. The van der Waals surface area contributed by atoms with Crippen molar-refractivity contribution in [1.29, 1.82) is 0 Å². The first kappa shape index (κ1) is 37.7. The molecule has 0 spiro atoms. The third-order valence-electron chi connectivity index (χ3n) is 11.0. The molecule has 3 saturated heterocycles. The Bertz CT molecular complexity index is 1640. The van der Waals surface area contributed by atoms with Gasteiger partial charge < -0.3 is 15.1 Å². The number of hydrogen-bond acceptors (Lipinski definition) is 9. The Morgan fingerprint density at radius 1 is 0.920 bits per heavy atom. The van der Waals surface area contributed by atoms with Gasteiger partial charge in [0.05, 0.1) is 22.2 Å². The first-order valence-electron chi connectivity index (χ1n) is 17.4. The summed E-state index contributed by atoms with van der Waals surface area (Å²) in [5.41, 5.74) is 3.05. The van der Waals surface area contributed by atoms with Crippen molar-refractivity contribution in [3.05, 3.63) is 58.9 Å². The third kappa shape index (κ3) is 8.32. The van der Waals surface area contributed by atoms with Crippen LogP contribution in [0.25, 0.3) is 0 Å². The van der Waals surface area contributed by atoms with E-state index in [0.29, 0.717) is 31.7 Å². The lowest BCUT2D eigenvalue weighted by molar-refractivity contribution is -0.159. The zero-order chi connectivity index (χ0) is 36.4. The van der Waals surface area contributed by atoms with Crippen molar-refractivity contribution < 1.29 is 37.4 Å². The number of likely N-dealkylation sites (tertiary alicyclic amines) is 1. The van der Waals surface area contributed by atoms with Gasteiger partial charge in [0.2, 0.25) is 10.0 Å². The molecule has 13 nitrogen and oxygen atoms in total. The molecule has 1 aliphatic carbocycles. The first-order chi connectivity index (χ1) is 23.6. The standard InChI is InChI=1S/C33H47FN6O3S.C2H2O4/c1-23-21-38(33(4)12-16-37(17-13-33)32(41)30-24(2)35-22-36-25(30)3)18-19-40(23)31(27-6-5-7-28(34)20-27)26-10-14-39(15-11-26)44(42,43)29-8-9-29;3-1(4)2(5)6/h5-7,20,22-23,26,29,31H,8-19,21H2,1-4H3;(H,3,4)(H,5,6)/t23-,31-;/m1./s1. The van der Waals surface area contributed by atoms with Crippen LogP contribution in [-0.4, -0.2) is 128 Å². The largest absolute Gasteiger partial charge is 0.473 e. The second kappa shape index (κ2) is 15.4.